The van der Waals surface area contributed by atoms with Gasteiger partial charge in [0.05, 0.1) is 25.0 Å². The molecule has 0 amide bonds. The number of anilines is 1. The Balaban J connectivity index is 2.09. The van der Waals surface area contributed by atoms with E-state index < -0.39 is 41.8 Å². The molecule has 1 saturated heterocycles. The fourth-order valence-corrected chi connectivity index (χ4v) is 2.86. The van der Waals surface area contributed by atoms with Gasteiger partial charge in [-0.1, -0.05) is 5.92 Å². The number of rotatable bonds is 3. The van der Waals surface area contributed by atoms with E-state index in [1.807, 2.05) is 0 Å². The zero-order valence-corrected chi connectivity index (χ0v) is 15.1. The number of nitrogens with zero attached hydrogens (tertiary/aromatic N) is 4. The van der Waals surface area contributed by atoms with Crippen LogP contribution in [-0.2, 0) is 14.3 Å². The van der Waals surface area contributed by atoms with Crippen molar-refractivity contribution in [3.05, 3.63) is 12.4 Å². The molecule has 0 unspecified atom stereocenters. The molecule has 0 bridgehead atoms. The van der Waals surface area contributed by atoms with Gasteiger partial charge in [0.15, 0.2) is 23.2 Å². The Hall–Kier alpha value is -2.77. The van der Waals surface area contributed by atoms with Crippen molar-refractivity contribution in [3.63, 3.8) is 0 Å². The molecule has 0 radical (unpaired) electrons. The molecule has 0 spiro atoms. The van der Waals surface area contributed by atoms with Crippen molar-refractivity contribution in [1.29, 1.82) is 0 Å². The van der Waals surface area contributed by atoms with E-state index in [1.54, 1.807) is 20.8 Å². The molecule has 2 aromatic heterocycles. The molecule has 9 nitrogen and oxygen atoms in total. The Kier molecular flexibility index (Phi) is 4.53. The number of ether oxygens (including phenoxy) is 2. The zero-order chi connectivity index (χ0) is 20.0. The third kappa shape index (κ3) is 3.09. The van der Waals surface area contributed by atoms with E-state index in [4.69, 9.17) is 21.6 Å². The second kappa shape index (κ2) is 6.44. The number of terminal acetylenes is 1. The Morgan fingerprint density at radius 3 is 2.89 bits per heavy atom. The van der Waals surface area contributed by atoms with Crippen molar-refractivity contribution in [2.45, 2.75) is 38.5 Å². The number of aliphatic hydroxyl groups excluding tert-OH is 1. The highest BCUT2D eigenvalue weighted by Gasteiger charge is 2.53. The predicted molar refractivity (Wildman–Crippen MR) is 92.7 cm³/mol. The number of nitrogen functional groups attached to an aromatic ring is 1. The number of hydrogen-bond donors (Lipinski definition) is 2. The van der Waals surface area contributed by atoms with Crippen LogP contribution < -0.4 is 5.73 Å². The first-order valence-corrected chi connectivity index (χ1v) is 8.22. The zero-order valence-electron chi connectivity index (χ0n) is 15.1. The van der Waals surface area contributed by atoms with E-state index in [2.05, 4.69) is 20.9 Å². The Labute approximate surface area is 154 Å². The number of hydrogen-bond acceptors (Lipinski definition) is 8. The molecule has 2 aromatic rings. The normalized spacial score (nSPS) is 25.5. The number of aromatic nitrogens is 4. The summed E-state index contributed by atoms with van der Waals surface area (Å²) in [5.41, 5.74) is 3.64. The predicted octanol–water partition coefficient (Wildman–Crippen LogP) is 0.441. The van der Waals surface area contributed by atoms with Crippen molar-refractivity contribution in [2.75, 3.05) is 18.9 Å². The fourth-order valence-electron chi connectivity index (χ4n) is 2.86. The van der Waals surface area contributed by atoms with Gasteiger partial charge in [0.2, 0.25) is 0 Å². The minimum Gasteiger partial charge on any atom is -0.455 e. The average molecular weight is 377 g/mol. The lowest BCUT2D eigenvalue weighted by atomic mass is 9.93. The number of fused-ring (bicyclic) bond motifs is 1. The van der Waals surface area contributed by atoms with Crippen LogP contribution in [-0.4, -0.2) is 55.5 Å². The van der Waals surface area contributed by atoms with Crippen molar-refractivity contribution >= 4 is 23.0 Å². The van der Waals surface area contributed by atoms with Crippen LogP contribution in [0.5, 0.6) is 0 Å². The molecule has 27 heavy (non-hydrogen) atoms. The Morgan fingerprint density at radius 1 is 1.59 bits per heavy atom. The van der Waals surface area contributed by atoms with Gasteiger partial charge in [0.25, 0.3) is 0 Å². The highest BCUT2D eigenvalue weighted by Crippen LogP contribution is 2.38. The molecule has 0 saturated carbocycles. The standard InChI is InChI=1S/C17H20FN5O4/c1-5-17(7-24)11(27-14(25)16(2,3)4)9(6-26-17)23-8-20-10-12(19)21-15(18)22-13(10)23/h1,8-9,11,24H,6-7H2,2-4H3,(H2,19,21,22)/t9-,11+,17-/m1/s1. The molecule has 3 N–H and O–H groups in total. The molecule has 0 aromatic carbocycles. The van der Waals surface area contributed by atoms with Crippen LogP contribution in [0.25, 0.3) is 11.2 Å². The first kappa shape index (κ1) is 19.0. The molecule has 10 heteroatoms. The van der Waals surface area contributed by atoms with E-state index >= 15 is 0 Å². The second-order valence-corrected chi connectivity index (χ2v) is 7.35. The lowest BCUT2D eigenvalue weighted by Gasteiger charge is -2.31. The van der Waals surface area contributed by atoms with E-state index in [0.717, 1.165) is 0 Å². The summed E-state index contributed by atoms with van der Waals surface area (Å²) in [6.45, 7) is 4.48. The smallest absolute Gasteiger partial charge is 0.312 e. The number of carbonyl (C=O) groups is 1. The van der Waals surface area contributed by atoms with Crippen LogP contribution in [0.3, 0.4) is 0 Å². The van der Waals surface area contributed by atoms with Crippen molar-refractivity contribution < 1.29 is 23.8 Å². The molecule has 1 aliphatic rings. The maximum Gasteiger partial charge on any atom is 0.312 e. The van der Waals surface area contributed by atoms with Crippen molar-refractivity contribution in [2.24, 2.45) is 5.41 Å². The van der Waals surface area contributed by atoms with Crippen molar-refractivity contribution in [1.82, 2.24) is 19.5 Å². The van der Waals surface area contributed by atoms with E-state index in [1.165, 1.54) is 10.9 Å². The fraction of sp³-hybridized carbons (Fsp3) is 0.529. The van der Waals surface area contributed by atoms with Gasteiger partial charge in [0, 0.05) is 0 Å². The van der Waals surface area contributed by atoms with Crippen LogP contribution in [0, 0.1) is 23.8 Å². The number of nitrogens with two attached hydrogens (primary N) is 1. The number of imidazole rings is 1. The summed E-state index contributed by atoms with van der Waals surface area (Å²) in [6.07, 6.45) is 4.88. The number of esters is 1. The van der Waals surface area contributed by atoms with Gasteiger partial charge < -0.3 is 24.9 Å². The first-order valence-electron chi connectivity index (χ1n) is 8.22. The van der Waals surface area contributed by atoms with Gasteiger partial charge >= 0.3 is 12.0 Å². The molecule has 1 aliphatic heterocycles. The van der Waals surface area contributed by atoms with Crippen LogP contribution in [0.1, 0.15) is 26.8 Å². The molecule has 3 heterocycles. The topological polar surface area (TPSA) is 125 Å². The highest BCUT2D eigenvalue weighted by atomic mass is 19.1. The molecule has 144 valence electrons. The molecule has 1 fully saturated rings. The van der Waals surface area contributed by atoms with Crippen LogP contribution >= 0.6 is 0 Å². The van der Waals surface area contributed by atoms with Crippen LogP contribution in [0.15, 0.2) is 6.33 Å². The monoisotopic (exact) mass is 377 g/mol. The SMILES string of the molecule is C#C[C@]1(CO)OC[C@@H](n2cnc3c(N)nc(F)nc32)[C@@H]1OC(=O)C(C)(C)C. The van der Waals surface area contributed by atoms with Gasteiger partial charge in [-0.3, -0.25) is 4.79 Å². The maximum atomic E-state index is 13.7. The minimum atomic E-state index is -1.54. The highest BCUT2D eigenvalue weighted by molar-refractivity contribution is 5.81. The molecular weight excluding hydrogens is 357 g/mol. The lowest BCUT2D eigenvalue weighted by molar-refractivity contribution is -0.167. The summed E-state index contributed by atoms with van der Waals surface area (Å²) in [5.74, 6) is 1.73. The van der Waals surface area contributed by atoms with Gasteiger partial charge in [-0.15, -0.1) is 6.42 Å². The Morgan fingerprint density at radius 2 is 2.30 bits per heavy atom. The summed E-state index contributed by atoms with van der Waals surface area (Å²) >= 11 is 0. The molecule has 0 aliphatic carbocycles. The second-order valence-electron chi connectivity index (χ2n) is 7.35. The third-order valence-electron chi connectivity index (χ3n) is 4.42. The molecular formula is C17H20FN5O4. The summed E-state index contributed by atoms with van der Waals surface area (Å²) in [6, 6.07) is -0.696. The average Bonchev–Trinajstić information content (AvgIpc) is 3.16. The van der Waals surface area contributed by atoms with Crippen LogP contribution in [0.2, 0.25) is 0 Å². The first-order chi connectivity index (χ1) is 12.6. The van der Waals surface area contributed by atoms with Gasteiger partial charge in [0.1, 0.15) is 11.6 Å². The number of halogens is 1. The maximum absolute atomic E-state index is 13.7. The minimum absolute atomic E-state index is 0.0101. The lowest BCUT2D eigenvalue weighted by Crippen LogP contribution is -2.48. The van der Waals surface area contributed by atoms with E-state index in [9.17, 15) is 14.3 Å². The van der Waals surface area contributed by atoms with E-state index in [-0.39, 0.29) is 23.6 Å². The molecule has 3 rings (SSSR count). The van der Waals surface area contributed by atoms with E-state index in [0.29, 0.717) is 0 Å². The van der Waals surface area contributed by atoms with Gasteiger partial charge in [-0.25, -0.2) is 4.98 Å². The quantitative estimate of drug-likeness (QED) is 0.448. The summed E-state index contributed by atoms with van der Waals surface area (Å²) < 4.78 is 26.4. The van der Waals surface area contributed by atoms with Crippen LogP contribution in [0.4, 0.5) is 10.2 Å². The Bertz CT molecular complexity index is 932. The summed E-state index contributed by atoms with van der Waals surface area (Å²) in [4.78, 5) is 23.7. The largest absolute Gasteiger partial charge is 0.455 e. The molecule has 3 atom stereocenters. The number of carbonyl (C=O) groups excluding carboxylic acids is 1. The number of aliphatic hydroxyl groups is 1. The van der Waals surface area contributed by atoms with Gasteiger partial charge in [-0.2, -0.15) is 14.4 Å². The third-order valence-corrected chi connectivity index (χ3v) is 4.42. The summed E-state index contributed by atoms with van der Waals surface area (Å²) in [5, 5.41) is 9.83. The van der Waals surface area contributed by atoms with Gasteiger partial charge in [-0.05, 0) is 20.8 Å². The van der Waals surface area contributed by atoms with Crippen molar-refractivity contribution in [3.8, 4) is 12.3 Å². The summed E-state index contributed by atoms with van der Waals surface area (Å²) in [7, 11) is 0.